The number of hydrogen-bond acceptors (Lipinski definition) is 2. The Balaban J connectivity index is 2.05. The second-order valence-corrected chi connectivity index (χ2v) is 6.40. The average molecular weight is 247 g/mol. The molecular formula is C16H25NO. The summed E-state index contributed by atoms with van der Waals surface area (Å²) in [4.78, 5) is 4.46. The van der Waals surface area contributed by atoms with E-state index in [9.17, 15) is 0 Å². The zero-order valence-corrected chi connectivity index (χ0v) is 12.1. The molecule has 1 atom stereocenters. The molecule has 1 aliphatic heterocycles. The topological polar surface area (TPSA) is 21.6 Å². The van der Waals surface area contributed by atoms with Crippen LogP contribution in [0.25, 0.3) is 0 Å². The van der Waals surface area contributed by atoms with Gasteiger partial charge in [0.25, 0.3) is 0 Å². The van der Waals surface area contributed by atoms with Gasteiger partial charge in [0.05, 0.1) is 6.26 Å². The third-order valence-electron chi connectivity index (χ3n) is 4.36. The van der Waals surface area contributed by atoms with E-state index in [4.69, 9.17) is 4.74 Å². The molecule has 0 N–H and O–H groups in total. The maximum Gasteiger partial charge on any atom is 0.196 e. The second kappa shape index (κ2) is 4.91. The molecule has 1 unspecified atom stereocenters. The Morgan fingerprint density at radius 2 is 2.11 bits per heavy atom. The molecule has 1 aliphatic carbocycles. The van der Waals surface area contributed by atoms with Crippen molar-refractivity contribution in [3.8, 4) is 0 Å². The van der Waals surface area contributed by atoms with Crippen LogP contribution < -0.4 is 0 Å². The van der Waals surface area contributed by atoms with Gasteiger partial charge < -0.3 is 4.74 Å². The Hall–Kier alpha value is -1.05. The summed E-state index contributed by atoms with van der Waals surface area (Å²) >= 11 is 0. The van der Waals surface area contributed by atoms with Crippen molar-refractivity contribution in [2.75, 3.05) is 0 Å². The SMILES string of the molecule is CC1=C(CCC2(C)N=CC=CO2)C(C)(C)CCC1. The van der Waals surface area contributed by atoms with Gasteiger partial charge in [-0.15, -0.1) is 0 Å². The molecule has 0 fully saturated rings. The highest BCUT2D eigenvalue weighted by Crippen LogP contribution is 2.43. The van der Waals surface area contributed by atoms with E-state index in [-0.39, 0.29) is 5.72 Å². The van der Waals surface area contributed by atoms with Gasteiger partial charge in [-0.1, -0.05) is 25.0 Å². The van der Waals surface area contributed by atoms with Gasteiger partial charge in [-0.3, -0.25) is 0 Å². The summed E-state index contributed by atoms with van der Waals surface area (Å²) in [5.74, 6) is 0. The van der Waals surface area contributed by atoms with Crippen molar-refractivity contribution < 1.29 is 4.74 Å². The summed E-state index contributed by atoms with van der Waals surface area (Å²) in [6, 6.07) is 0. The highest BCUT2D eigenvalue weighted by Gasteiger charge is 2.31. The number of rotatable bonds is 3. The van der Waals surface area contributed by atoms with Crippen molar-refractivity contribution in [3.63, 3.8) is 0 Å². The number of aliphatic imine (C=N–C) groups is 1. The average Bonchev–Trinajstić information content (AvgIpc) is 2.28. The van der Waals surface area contributed by atoms with Crippen molar-refractivity contribution >= 4 is 6.21 Å². The molecule has 2 rings (SSSR count). The van der Waals surface area contributed by atoms with Crippen molar-refractivity contribution in [2.45, 2.75) is 65.5 Å². The zero-order valence-electron chi connectivity index (χ0n) is 12.1. The van der Waals surface area contributed by atoms with E-state index in [0.29, 0.717) is 5.41 Å². The first-order chi connectivity index (χ1) is 8.43. The first kappa shape index (κ1) is 13.4. The molecule has 0 radical (unpaired) electrons. The summed E-state index contributed by atoms with van der Waals surface area (Å²) in [6.07, 6.45) is 11.4. The van der Waals surface area contributed by atoms with Crippen LogP contribution in [0.3, 0.4) is 0 Å². The zero-order chi connectivity index (χ0) is 13.2. The molecule has 2 aliphatic rings. The van der Waals surface area contributed by atoms with Crippen LogP contribution in [-0.4, -0.2) is 11.9 Å². The van der Waals surface area contributed by atoms with Gasteiger partial charge in [0.2, 0.25) is 0 Å². The summed E-state index contributed by atoms with van der Waals surface area (Å²) < 4.78 is 5.66. The van der Waals surface area contributed by atoms with Gasteiger partial charge in [-0.05, 0) is 51.0 Å². The molecule has 0 aromatic rings. The predicted octanol–water partition coefficient (Wildman–Crippen LogP) is 4.62. The van der Waals surface area contributed by atoms with Crippen molar-refractivity contribution in [1.29, 1.82) is 0 Å². The normalized spacial score (nSPS) is 30.4. The van der Waals surface area contributed by atoms with Crippen molar-refractivity contribution in [2.24, 2.45) is 10.4 Å². The summed E-state index contributed by atoms with van der Waals surface area (Å²) in [5, 5.41) is 0. The lowest BCUT2D eigenvalue weighted by Gasteiger charge is -2.36. The first-order valence-electron chi connectivity index (χ1n) is 7.00. The lowest BCUT2D eigenvalue weighted by molar-refractivity contribution is 0.0368. The molecular weight excluding hydrogens is 222 g/mol. The van der Waals surface area contributed by atoms with E-state index in [0.717, 1.165) is 12.8 Å². The van der Waals surface area contributed by atoms with Crippen molar-refractivity contribution in [3.05, 3.63) is 23.5 Å². The number of nitrogens with zero attached hydrogens (tertiary/aromatic N) is 1. The van der Waals surface area contributed by atoms with Crippen LogP contribution in [0.15, 0.2) is 28.5 Å². The molecule has 2 heteroatoms. The van der Waals surface area contributed by atoms with Crippen molar-refractivity contribution in [1.82, 2.24) is 0 Å². The Morgan fingerprint density at radius 3 is 2.72 bits per heavy atom. The van der Waals surface area contributed by atoms with E-state index in [2.05, 4.69) is 32.7 Å². The standard InChI is InChI=1S/C16H25NO/c1-13-7-5-9-15(2,3)14(13)8-10-16(4)17-11-6-12-18-16/h6,11-12H,5,7-10H2,1-4H3. The first-order valence-corrected chi connectivity index (χ1v) is 7.00. The molecule has 0 saturated heterocycles. The van der Waals surface area contributed by atoms with Crippen LogP contribution in [0.4, 0.5) is 0 Å². The van der Waals surface area contributed by atoms with E-state index in [1.807, 2.05) is 12.3 Å². The highest BCUT2D eigenvalue weighted by molar-refractivity contribution is 5.71. The smallest absolute Gasteiger partial charge is 0.196 e. The van der Waals surface area contributed by atoms with Crippen LogP contribution in [0, 0.1) is 5.41 Å². The molecule has 100 valence electrons. The van der Waals surface area contributed by atoms with Crippen LogP contribution >= 0.6 is 0 Å². The van der Waals surface area contributed by atoms with Gasteiger partial charge in [-0.25, -0.2) is 4.99 Å². The fraction of sp³-hybridized carbons (Fsp3) is 0.688. The highest BCUT2D eigenvalue weighted by atomic mass is 16.5. The lowest BCUT2D eigenvalue weighted by atomic mass is 9.71. The molecule has 0 amide bonds. The Bertz CT molecular complexity index is 403. The fourth-order valence-electron chi connectivity index (χ4n) is 3.16. The minimum absolute atomic E-state index is 0.354. The molecule has 0 bridgehead atoms. The molecule has 2 nitrogen and oxygen atoms in total. The molecule has 1 heterocycles. The third kappa shape index (κ3) is 2.85. The summed E-state index contributed by atoms with van der Waals surface area (Å²) in [7, 11) is 0. The van der Waals surface area contributed by atoms with Crippen LogP contribution in [0.1, 0.15) is 59.8 Å². The van der Waals surface area contributed by atoms with Gasteiger partial charge in [0, 0.05) is 12.6 Å². The van der Waals surface area contributed by atoms with E-state index in [1.165, 1.54) is 19.3 Å². The molecule has 0 spiro atoms. The summed E-state index contributed by atoms with van der Waals surface area (Å²) in [6.45, 7) is 9.11. The maximum absolute atomic E-state index is 5.66. The number of ether oxygens (including phenoxy) is 1. The monoisotopic (exact) mass is 247 g/mol. The third-order valence-corrected chi connectivity index (χ3v) is 4.36. The maximum atomic E-state index is 5.66. The quantitative estimate of drug-likeness (QED) is 0.667. The fourth-order valence-corrected chi connectivity index (χ4v) is 3.16. The van der Waals surface area contributed by atoms with Crippen LogP contribution in [-0.2, 0) is 4.74 Å². The minimum atomic E-state index is -0.366. The van der Waals surface area contributed by atoms with Gasteiger partial charge in [-0.2, -0.15) is 0 Å². The largest absolute Gasteiger partial charge is 0.474 e. The van der Waals surface area contributed by atoms with Crippen LogP contribution in [0.5, 0.6) is 0 Å². The van der Waals surface area contributed by atoms with Crippen LogP contribution in [0.2, 0.25) is 0 Å². The Kier molecular flexibility index (Phi) is 3.65. The molecule has 18 heavy (non-hydrogen) atoms. The number of hydrogen-bond donors (Lipinski definition) is 0. The van der Waals surface area contributed by atoms with Gasteiger partial charge in [0.1, 0.15) is 0 Å². The Labute approximate surface area is 111 Å². The summed E-state index contributed by atoms with van der Waals surface area (Å²) in [5.41, 5.74) is 3.20. The Morgan fingerprint density at radius 1 is 1.33 bits per heavy atom. The second-order valence-electron chi connectivity index (χ2n) is 6.40. The molecule has 0 aromatic heterocycles. The van der Waals surface area contributed by atoms with Gasteiger partial charge >= 0.3 is 0 Å². The van der Waals surface area contributed by atoms with E-state index in [1.54, 1.807) is 17.4 Å². The number of allylic oxidation sites excluding steroid dienone is 3. The van der Waals surface area contributed by atoms with E-state index >= 15 is 0 Å². The van der Waals surface area contributed by atoms with Gasteiger partial charge in [0.15, 0.2) is 5.72 Å². The van der Waals surface area contributed by atoms with E-state index < -0.39 is 0 Å². The molecule has 0 aromatic carbocycles. The minimum Gasteiger partial charge on any atom is -0.474 e. The predicted molar refractivity (Wildman–Crippen MR) is 76.7 cm³/mol. The lowest BCUT2D eigenvalue weighted by Crippen LogP contribution is -2.28. The molecule has 0 saturated carbocycles.